The van der Waals surface area contributed by atoms with Crippen molar-refractivity contribution >= 4 is 17.5 Å². The second-order valence-electron chi connectivity index (χ2n) is 7.14. The predicted molar refractivity (Wildman–Crippen MR) is 119 cm³/mol. The van der Waals surface area contributed by atoms with E-state index in [1.165, 1.54) is 0 Å². The van der Waals surface area contributed by atoms with Crippen molar-refractivity contribution in [2.75, 3.05) is 18.5 Å². The molecule has 3 rings (SSSR count). The first-order valence-electron chi connectivity index (χ1n) is 9.94. The Morgan fingerprint density at radius 3 is 2.40 bits per heavy atom. The number of nitrogens with one attached hydrogen (secondary N) is 2. The van der Waals surface area contributed by atoms with Gasteiger partial charge in [-0.05, 0) is 49.6 Å². The zero-order valence-electron chi connectivity index (χ0n) is 17.3. The van der Waals surface area contributed by atoms with Gasteiger partial charge >= 0.3 is 0 Å². The molecular formula is C25H26N2O3. The highest BCUT2D eigenvalue weighted by atomic mass is 16.5. The molecule has 0 bridgehead atoms. The van der Waals surface area contributed by atoms with Gasteiger partial charge in [-0.25, -0.2) is 0 Å². The summed E-state index contributed by atoms with van der Waals surface area (Å²) in [6, 6.07) is 22.7. The molecule has 0 radical (unpaired) electrons. The Balaban J connectivity index is 1.56. The van der Waals surface area contributed by atoms with E-state index in [0.717, 1.165) is 23.1 Å². The number of carbonyl (C=O) groups excluding carboxylic acids is 2. The van der Waals surface area contributed by atoms with Gasteiger partial charge in [0.15, 0.2) is 6.61 Å². The van der Waals surface area contributed by atoms with E-state index < -0.39 is 0 Å². The standard InChI is InChI=1S/C25H26N2O3/c1-18-12-13-23(19(2)16-18)30-17-24(28)27-22-11-7-6-10-21(22)25(29)26-15-14-20-8-4-3-5-9-20/h3-13,16H,14-15,17H2,1-2H3,(H,26,29)(H,27,28). The first kappa shape index (κ1) is 21.1. The van der Waals surface area contributed by atoms with Crippen molar-refractivity contribution in [3.8, 4) is 5.75 Å². The smallest absolute Gasteiger partial charge is 0.262 e. The molecule has 0 fully saturated rings. The summed E-state index contributed by atoms with van der Waals surface area (Å²) in [5.74, 6) is 0.124. The van der Waals surface area contributed by atoms with Crippen LogP contribution in [-0.4, -0.2) is 25.0 Å². The van der Waals surface area contributed by atoms with Crippen LogP contribution in [0.2, 0.25) is 0 Å². The van der Waals surface area contributed by atoms with Gasteiger partial charge in [0.1, 0.15) is 5.75 Å². The maximum atomic E-state index is 12.6. The number of ether oxygens (including phenoxy) is 1. The summed E-state index contributed by atoms with van der Waals surface area (Å²) < 4.78 is 5.63. The van der Waals surface area contributed by atoms with Gasteiger partial charge in [-0.3, -0.25) is 9.59 Å². The van der Waals surface area contributed by atoms with Gasteiger partial charge in [0.05, 0.1) is 11.3 Å². The van der Waals surface area contributed by atoms with Gasteiger partial charge in [-0.1, -0.05) is 60.2 Å². The first-order valence-corrected chi connectivity index (χ1v) is 9.94. The number of hydrogen-bond acceptors (Lipinski definition) is 3. The van der Waals surface area contributed by atoms with Crippen molar-refractivity contribution in [3.05, 3.63) is 95.1 Å². The molecule has 30 heavy (non-hydrogen) atoms. The van der Waals surface area contributed by atoms with Crippen LogP contribution in [0.15, 0.2) is 72.8 Å². The highest BCUT2D eigenvalue weighted by Gasteiger charge is 2.13. The Bertz CT molecular complexity index is 1020. The Hall–Kier alpha value is -3.60. The third kappa shape index (κ3) is 5.95. The van der Waals surface area contributed by atoms with Crippen molar-refractivity contribution in [1.29, 1.82) is 0 Å². The molecule has 0 spiro atoms. The summed E-state index contributed by atoms with van der Waals surface area (Å²) >= 11 is 0. The summed E-state index contributed by atoms with van der Waals surface area (Å²) in [5, 5.41) is 5.69. The molecule has 0 aliphatic heterocycles. The maximum absolute atomic E-state index is 12.6. The lowest BCUT2D eigenvalue weighted by molar-refractivity contribution is -0.118. The normalized spacial score (nSPS) is 10.3. The molecule has 2 N–H and O–H groups in total. The third-order valence-electron chi connectivity index (χ3n) is 4.68. The fraction of sp³-hybridized carbons (Fsp3) is 0.200. The zero-order chi connectivity index (χ0) is 21.3. The summed E-state index contributed by atoms with van der Waals surface area (Å²) in [5.41, 5.74) is 4.15. The van der Waals surface area contributed by atoms with E-state index in [1.54, 1.807) is 24.3 Å². The van der Waals surface area contributed by atoms with Crippen LogP contribution in [0.5, 0.6) is 5.75 Å². The molecule has 0 aromatic heterocycles. The molecular weight excluding hydrogens is 376 g/mol. The highest BCUT2D eigenvalue weighted by molar-refractivity contribution is 6.04. The Morgan fingerprint density at radius 2 is 1.63 bits per heavy atom. The SMILES string of the molecule is Cc1ccc(OCC(=O)Nc2ccccc2C(=O)NCCc2ccccc2)c(C)c1. The minimum Gasteiger partial charge on any atom is -0.483 e. The lowest BCUT2D eigenvalue weighted by Crippen LogP contribution is -2.28. The average Bonchev–Trinajstić information content (AvgIpc) is 2.74. The molecule has 0 saturated heterocycles. The Labute approximate surface area is 177 Å². The zero-order valence-corrected chi connectivity index (χ0v) is 17.3. The number of carbonyl (C=O) groups is 2. The summed E-state index contributed by atoms with van der Waals surface area (Å²) in [6.45, 7) is 4.33. The number of benzene rings is 3. The van der Waals surface area contributed by atoms with Crippen LogP contribution in [0.25, 0.3) is 0 Å². The number of aryl methyl sites for hydroxylation is 2. The second kappa shape index (κ2) is 10.3. The minimum absolute atomic E-state index is 0.131. The molecule has 5 nitrogen and oxygen atoms in total. The Morgan fingerprint density at radius 1 is 0.900 bits per heavy atom. The quantitative estimate of drug-likeness (QED) is 0.591. The van der Waals surface area contributed by atoms with Crippen LogP contribution in [0.1, 0.15) is 27.0 Å². The van der Waals surface area contributed by atoms with Crippen molar-refractivity contribution < 1.29 is 14.3 Å². The third-order valence-corrected chi connectivity index (χ3v) is 4.68. The molecule has 0 heterocycles. The van der Waals surface area contributed by atoms with Crippen molar-refractivity contribution in [2.24, 2.45) is 0 Å². The lowest BCUT2D eigenvalue weighted by atomic mass is 10.1. The van der Waals surface area contributed by atoms with Gasteiger partial charge in [-0.2, -0.15) is 0 Å². The molecule has 0 aliphatic rings. The van der Waals surface area contributed by atoms with E-state index in [-0.39, 0.29) is 18.4 Å². The molecule has 0 atom stereocenters. The fourth-order valence-electron chi connectivity index (χ4n) is 3.14. The van der Waals surface area contributed by atoms with E-state index in [1.807, 2.05) is 62.4 Å². The first-order chi connectivity index (χ1) is 14.5. The van der Waals surface area contributed by atoms with Crippen LogP contribution in [0, 0.1) is 13.8 Å². The van der Waals surface area contributed by atoms with Gasteiger partial charge in [-0.15, -0.1) is 0 Å². The van der Waals surface area contributed by atoms with Crippen LogP contribution in [0.3, 0.4) is 0 Å². The van der Waals surface area contributed by atoms with Crippen molar-refractivity contribution in [2.45, 2.75) is 20.3 Å². The van der Waals surface area contributed by atoms with Gasteiger partial charge in [0, 0.05) is 6.54 Å². The van der Waals surface area contributed by atoms with Crippen molar-refractivity contribution in [3.63, 3.8) is 0 Å². The number of amides is 2. The van der Waals surface area contributed by atoms with Crippen LogP contribution >= 0.6 is 0 Å². The minimum atomic E-state index is -0.320. The summed E-state index contributed by atoms with van der Waals surface area (Å²) in [4.78, 5) is 25.0. The Kier molecular flexibility index (Phi) is 7.22. The molecule has 5 heteroatoms. The van der Waals surface area contributed by atoms with Crippen LogP contribution in [0.4, 0.5) is 5.69 Å². The molecule has 3 aromatic rings. The molecule has 0 saturated carbocycles. The molecule has 154 valence electrons. The molecule has 0 unspecified atom stereocenters. The summed E-state index contributed by atoms with van der Waals surface area (Å²) in [6.07, 6.45) is 0.741. The number of anilines is 1. The molecule has 3 aromatic carbocycles. The van der Waals surface area contributed by atoms with E-state index in [4.69, 9.17) is 4.74 Å². The van der Waals surface area contributed by atoms with Crippen molar-refractivity contribution in [1.82, 2.24) is 5.32 Å². The molecule has 2 amide bonds. The average molecular weight is 402 g/mol. The van der Waals surface area contributed by atoms with Gasteiger partial charge in [0.2, 0.25) is 0 Å². The number of rotatable bonds is 8. The second-order valence-corrected chi connectivity index (χ2v) is 7.14. The monoisotopic (exact) mass is 402 g/mol. The number of hydrogen-bond donors (Lipinski definition) is 2. The highest BCUT2D eigenvalue weighted by Crippen LogP contribution is 2.19. The van der Waals surface area contributed by atoms with E-state index >= 15 is 0 Å². The topological polar surface area (TPSA) is 67.4 Å². The van der Waals surface area contributed by atoms with E-state index in [9.17, 15) is 9.59 Å². The van der Waals surface area contributed by atoms with Crippen LogP contribution < -0.4 is 15.4 Å². The predicted octanol–water partition coefficient (Wildman–Crippen LogP) is 4.29. The van der Waals surface area contributed by atoms with Crippen LogP contribution in [-0.2, 0) is 11.2 Å². The van der Waals surface area contributed by atoms with E-state index in [2.05, 4.69) is 10.6 Å². The van der Waals surface area contributed by atoms with Gasteiger partial charge < -0.3 is 15.4 Å². The maximum Gasteiger partial charge on any atom is 0.262 e. The fourth-order valence-corrected chi connectivity index (χ4v) is 3.14. The number of para-hydroxylation sites is 1. The van der Waals surface area contributed by atoms with Gasteiger partial charge in [0.25, 0.3) is 11.8 Å². The molecule has 0 aliphatic carbocycles. The summed E-state index contributed by atoms with van der Waals surface area (Å²) in [7, 11) is 0. The lowest BCUT2D eigenvalue weighted by Gasteiger charge is -2.13. The largest absolute Gasteiger partial charge is 0.483 e. The van der Waals surface area contributed by atoms with E-state index in [0.29, 0.717) is 23.5 Å².